The number of halogens is 1. The van der Waals surface area contributed by atoms with E-state index in [1.165, 1.54) is 31.2 Å². The number of amides is 5. The molecular weight excluding hydrogens is 494 g/mol. The van der Waals surface area contributed by atoms with Gasteiger partial charge in [0.15, 0.2) is 0 Å². The monoisotopic (exact) mass is 519 g/mol. The predicted octanol–water partition coefficient (Wildman–Crippen LogP) is -0.0455. The van der Waals surface area contributed by atoms with E-state index in [0.717, 1.165) is 10.0 Å². The Labute approximate surface area is 211 Å². The molecule has 2 aliphatic rings. The van der Waals surface area contributed by atoms with Crippen molar-refractivity contribution in [3.63, 3.8) is 0 Å². The second kappa shape index (κ2) is 11.8. The molecule has 1 aromatic rings. The van der Waals surface area contributed by atoms with Crippen molar-refractivity contribution in [2.45, 2.75) is 57.2 Å². The van der Waals surface area contributed by atoms with Crippen molar-refractivity contribution in [3.8, 4) is 0 Å². The smallest absolute Gasteiger partial charge is 0.313 e. The molecule has 2 saturated heterocycles. The minimum absolute atomic E-state index is 0.0692. The number of nitrogens with zero attached hydrogens (tertiary/aromatic N) is 2. The molecule has 2 heterocycles. The van der Waals surface area contributed by atoms with Gasteiger partial charge in [-0.3, -0.25) is 33.8 Å². The van der Waals surface area contributed by atoms with Crippen molar-refractivity contribution in [3.05, 3.63) is 29.3 Å². The average molecular weight is 520 g/mol. The van der Waals surface area contributed by atoms with Gasteiger partial charge in [0.2, 0.25) is 11.8 Å². The highest BCUT2D eigenvalue weighted by Crippen LogP contribution is 2.25. The summed E-state index contributed by atoms with van der Waals surface area (Å²) in [6.45, 7) is 1.47. The highest BCUT2D eigenvalue weighted by atomic mass is 35.5. The first-order valence-corrected chi connectivity index (χ1v) is 11.7. The zero-order valence-corrected chi connectivity index (χ0v) is 20.2. The maximum absolute atomic E-state index is 13.4. The fourth-order valence-corrected chi connectivity index (χ4v) is 4.20. The molecule has 0 bridgehead atoms. The van der Waals surface area contributed by atoms with Crippen LogP contribution in [0.5, 0.6) is 0 Å². The molecule has 3 rings (SSSR count). The molecule has 13 heteroatoms. The van der Waals surface area contributed by atoms with E-state index in [1.807, 2.05) is 0 Å². The Morgan fingerprint density at radius 1 is 1.11 bits per heavy atom. The van der Waals surface area contributed by atoms with E-state index in [-0.39, 0.29) is 38.0 Å². The Balaban J connectivity index is 1.74. The van der Waals surface area contributed by atoms with Gasteiger partial charge in [-0.1, -0.05) is 11.6 Å². The van der Waals surface area contributed by atoms with Crippen LogP contribution in [0.15, 0.2) is 24.3 Å². The van der Waals surface area contributed by atoms with Crippen molar-refractivity contribution in [2.24, 2.45) is 0 Å². The summed E-state index contributed by atoms with van der Waals surface area (Å²) in [6.07, 6.45) is 0.677. The van der Waals surface area contributed by atoms with Gasteiger partial charge in [0.25, 0.3) is 5.91 Å². The lowest BCUT2D eigenvalue weighted by Gasteiger charge is -2.43. The third-order valence-electron chi connectivity index (χ3n) is 5.78. The largest absolute Gasteiger partial charge is 0.344 e. The van der Waals surface area contributed by atoms with Gasteiger partial charge >= 0.3 is 11.8 Å². The molecule has 192 valence electrons. The third-order valence-corrected chi connectivity index (χ3v) is 6.03. The number of rotatable bonds is 7. The van der Waals surface area contributed by atoms with Crippen LogP contribution in [-0.2, 0) is 33.6 Å². The molecular formula is C23H26ClN5O7. The van der Waals surface area contributed by atoms with E-state index in [4.69, 9.17) is 11.6 Å². The zero-order valence-electron chi connectivity index (χ0n) is 19.5. The molecule has 1 aromatic carbocycles. The Morgan fingerprint density at radius 3 is 2.44 bits per heavy atom. The van der Waals surface area contributed by atoms with Gasteiger partial charge in [-0.05, 0) is 50.5 Å². The number of benzene rings is 1. The molecule has 36 heavy (non-hydrogen) atoms. The van der Waals surface area contributed by atoms with E-state index in [2.05, 4.69) is 16.0 Å². The van der Waals surface area contributed by atoms with E-state index in [1.54, 1.807) is 0 Å². The number of anilines is 1. The molecule has 12 nitrogen and oxygen atoms in total. The SMILES string of the molecule is CC(=O)CC(C=O)NC(=O)C1CCCN2C(=O)CCC(NC(=O)C(=O)Nc3ccc(Cl)cc3)C(=O)N12. The summed E-state index contributed by atoms with van der Waals surface area (Å²) >= 11 is 5.80. The van der Waals surface area contributed by atoms with Crippen molar-refractivity contribution >= 4 is 58.9 Å². The molecule has 0 radical (unpaired) electrons. The van der Waals surface area contributed by atoms with Crippen LogP contribution < -0.4 is 16.0 Å². The Hall–Kier alpha value is -3.80. The number of carbonyl (C=O) groups is 7. The number of nitrogens with one attached hydrogen (secondary N) is 3. The van der Waals surface area contributed by atoms with E-state index in [9.17, 15) is 33.6 Å². The molecule has 2 aliphatic heterocycles. The first-order chi connectivity index (χ1) is 17.1. The molecule has 0 spiro atoms. The second-order valence-corrected chi connectivity index (χ2v) is 8.98. The number of fused-ring (bicyclic) bond motifs is 1. The number of hydrazine groups is 1. The Bertz CT molecular complexity index is 1080. The molecule has 3 unspecified atom stereocenters. The van der Waals surface area contributed by atoms with Crippen LogP contribution >= 0.6 is 11.6 Å². The first kappa shape index (κ1) is 26.8. The van der Waals surface area contributed by atoms with Gasteiger partial charge in [0.1, 0.15) is 24.2 Å². The second-order valence-electron chi connectivity index (χ2n) is 8.54. The van der Waals surface area contributed by atoms with E-state index >= 15 is 0 Å². The molecule has 0 aliphatic carbocycles. The third kappa shape index (κ3) is 6.45. The van der Waals surface area contributed by atoms with Crippen molar-refractivity contribution in [2.75, 3.05) is 11.9 Å². The van der Waals surface area contributed by atoms with Crippen molar-refractivity contribution < 1.29 is 33.6 Å². The number of aldehydes is 1. The fraction of sp³-hybridized carbons (Fsp3) is 0.435. The maximum Gasteiger partial charge on any atom is 0.313 e. The van der Waals surface area contributed by atoms with Gasteiger partial charge in [0, 0.05) is 30.1 Å². The fourth-order valence-electron chi connectivity index (χ4n) is 4.07. The lowest BCUT2D eigenvalue weighted by molar-refractivity contribution is -0.176. The van der Waals surface area contributed by atoms with Gasteiger partial charge in [-0.2, -0.15) is 0 Å². The molecule has 5 amide bonds. The lowest BCUT2D eigenvalue weighted by atomic mass is 10.0. The van der Waals surface area contributed by atoms with Gasteiger partial charge in [-0.25, -0.2) is 5.01 Å². The summed E-state index contributed by atoms with van der Waals surface area (Å²) in [5.74, 6) is -4.28. The maximum atomic E-state index is 13.4. The summed E-state index contributed by atoms with van der Waals surface area (Å²) in [5, 5.41) is 9.78. The van der Waals surface area contributed by atoms with Crippen LogP contribution in [0.3, 0.4) is 0 Å². The summed E-state index contributed by atoms with van der Waals surface area (Å²) in [6, 6.07) is 2.59. The summed E-state index contributed by atoms with van der Waals surface area (Å²) in [5.41, 5.74) is 0.316. The Kier molecular flexibility index (Phi) is 8.75. The predicted molar refractivity (Wildman–Crippen MR) is 126 cm³/mol. The highest BCUT2D eigenvalue weighted by molar-refractivity contribution is 6.40. The van der Waals surface area contributed by atoms with Gasteiger partial charge in [-0.15, -0.1) is 0 Å². The van der Waals surface area contributed by atoms with Crippen LogP contribution in [-0.4, -0.2) is 76.3 Å². The van der Waals surface area contributed by atoms with Crippen LogP contribution in [0.2, 0.25) is 5.02 Å². The van der Waals surface area contributed by atoms with Gasteiger partial charge < -0.3 is 20.7 Å². The minimum Gasteiger partial charge on any atom is -0.344 e. The number of hydrogen-bond acceptors (Lipinski definition) is 7. The average Bonchev–Trinajstić information content (AvgIpc) is 2.96. The van der Waals surface area contributed by atoms with Crippen LogP contribution in [0.25, 0.3) is 0 Å². The van der Waals surface area contributed by atoms with Crippen molar-refractivity contribution in [1.29, 1.82) is 0 Å². The van der Waals surface area contributed by atoms with E-state index < -0.39 is 47.7 Å². The topological polar surface area (TPSA) is 162 Å². The quantitative estimate of drug-likeness (QED) is 0.336. The Morgan fingerprint density at radius 2 is 1.81 bits per heavy atom. The molecule has 0 aromatic heterocycles. The first-order valence-electron chi connectivity index (χ1n) is 11.4. The minimum atomic E-state index is -1.24. The molecule has 3 N–H and O–H groups in total. The molecule has 3 atom stereocenters. The van der Waals surface area contributed by atoms with Crippen molar-refractivity contribution in [1.82, 2.24) is 20.7 Å². The van der Waals surface area contributed by atoms with Gasteiger partial charge in [0.05, 0.1) is 6.04 Å². The molecule has 0 saturated carbocycles. The summed E-state index contributed by atoms with van der Waals surface area (Å²) < 4.78 is 0. The molecule has 2 fully saturated rings. The highest BCUT2D eigenvalue weighted by Gasteiger charge is 2.45. The normalized spacial score (nSPS) is 20.5. The summed E-state index contributed by atoms with van der Waals surface area (Å²) in [7, 11) is 0. The van der Waals surface area contributed by atoms with Crippen LogP contribution in [0.1, 0.15) is 39.0 Å². The number of carbonyl (C=O) groups excluding carboxylic acids is 7. The number of ketones is 1. The van der Waals surface area contributed by atoms with Crippen LogP contribution in [0.4, 0.5) is 5.69 Å². The number of Topliss-reactive ketones (excluding diaryl/α,β-unsaturated/α-hetero) is 1. The standard InChI is InChI=1S/C23H26ClN5O7/c1-13(31)11-16(12-30)26-20(33)18-3-2-10-28-19(32)9-8-17(23(36)29(18)28)27-22(35)21(34)25-15-6-4-14(24)5-7-15/h4-7,12,16-18H,2-3,8-11H2,1H3,(H,25,34)(H,26,33)(H,27,35). The van der Waals surface area contributed by atoms with E-state index in [0.29, 0.717) is 23.4 Å². The summed E-state index contributed by atoms with van der Waals surface area (Å²) in [4.78, 5) is 86.6. The lowest BCUT2D eigenvalue weighted by Crippen LogP contribution is -2.64. The van der Waals surface area contributed by atoms with Crippen LogP contribution in [0, 0.1) is 0 Å². The zero-order chi connectivity index (χ0) is 26.4. The number of hydrogen-bond donors (Lipinski definition) is 3.